The normalized spacial score (nSPS) is 16.6. The number of likely N-dealkylation sites (N-methyl/N-ethyl adjacent to an activating group) is 1. The fourth-order valence-electron chi connectivity index (χ4n) is 4.84. The van der Waals surface area contributed by atoms with E-state index in [1.54, 1.807) is 42.3 Å². The van der Waals surface area contributed by atoms with Gasteiger partial charge in [-0.2, -0.15) is 0 Å². The number of Topliss-reactive ketones (excluding diaryl/α,β-unsaturated/α-hetero) is 1. The molecule has 1 unspecified atom stereocenters. The van der Waals surface area contributed by atoms with Gasteiger partial charge in [0.1, 0.15) is 11.5 Å². The maximum atomic E-state index is 13.4. The van der Waals surface area contributed by atoms with Gasteiger partial charge in [-0.05, 0) is 67.9 Å². The quantitative estimate of drug-likeness (QED) is 0.122. The van der Waals surface area contributed by atoms with Crippen LogP contribution < -0.4 is 14.2 Å². The van der Waals surface area contributed by atoms with Gasteiger partial charge in [-0.15, -0.1) is 0 Å². The lowest BCUT2D eigenvalue weighted by atomic mass is 9.95. The Morgan fingerprint density at radius 2 is 1.62 bits per heavy atom. The third-order valence-corrected chi connectivity index (χ3v) is 7.20. The molecule has 8 heteroatoms. The van der Waals surface area contributed by atoms with Crippen LogP contribution in [0, 0.1) is 0 Å². The van der Waals surface area contributed by atoms with E-state index in [9.17, 15) is 14.7 Å². The molecule has 1 heterocycles. The number of carbonyl (C=O) groups is 2. The average Bonchev–Trinajstić information content (AvgIpc) is 3.23. The molecular weight excluding hydrogens is 508 g/mol. The zero-order chi connectivity index (χ0) is 29.1. The number of aliphatic hydroxyl groups excluding tert-OH is 1. The Kier molecular flexibility index (Phi) is 11.9. The van der Waals surface area contributed by atoms with Gasteiger partial charge in [0.05, 0.1) is 31.9 Å². The highest BCUT2D eigenvalue weighted by atomic mass is 16.5. The third-order valence-electron chi connectivity index (χ3n) is 7.20. The minimum Gasteiger partial charge on any atom is -0.507 e. The molecule has 0 spiro atoms. The van der Waals surface area contributed by atoms with Crippen LogP contribution in [0.1, 0.15) is 70.5 Å². The summed E-state index contributed by atoms with van der Waals surface area (Å²) in [5.74, 6) is 0.252. The van der Waals surface area contributed by atoms with Gasteiger partial charge in [-0.3, -0.25) is 9.59 Å². The molecule has 40 heavy (non-hydrogen) atoms. The van der Waals surface area contributed by atoms with Crippen LogP contribution in [0.5, 0.6) is 17.2 Å². The van der Waals surface area contributed by atoms with Crippen molar-refractivity contribution >= 4 is 17.4 Å². The van der Waals surface area contributed by atoms with E-state index < -0.39 is 17.7 Å². The van der Waals surface area contributed by atoms with Crippen LogP contribution in [-0.2, 0) is 9.59 Å². The highest BCUT2D eigenvalue weighted by molar-refractivity contribution is 6.46. The summed E-state index contributed by atoms with van der Waals surface area (Å²) in [6.07, 6.45) is 3.99. The summed E-state index contributed by atoms with van der Waals surface area (Å²) in [6.45, 7) is 12.1. The lowest BCUT2D eigenvalue weighted by Gasteiger charge is -2.28. The first-order valence-electron chi connectivity index (χ1n) is 14.4. The zero-order valence-corrected chi connectivity index (χ0v) is 24.6. The number of hydrogen-bond donors (Lipinski definition) is 1. The second-order valence-electron chi connectivity index (χ2n) is 9.86. The summed E-state index contributed by atoms with van der Waals surface area (Å²) in [4.78, 5) is 30.5. The molecular formula is C32H44N2O6. The molecule has 0 radical (unpaired) electrons. The second-order valence-corrected chi connectivity index (χ2v) is 9.86. The first kappa shape index (κ1) is 31.0. The molecule has 0 bridgehead atoms. The van der Waals surface area contributed by atoms with E-state index in [0.717, 1.165) is 38.8 Å². The fourth-order valence-corrected chi connectivity index (χ4v) is 4.84. The zero-order valence-electron chi connectivity index (χ0n) is 24.6. The van der Waals surface area contributed by atoms with Gasteiger partial charge < -0.3 is 29.1 Å². The van der Waals surface area contributed by atoms with Crippen molar-refractivity contribution in [2.45, 2.75) is 59.4 Å². The third kappa shape index (κ3) is 7.36. The molecule has 1 fully saturated rings. The molecule has 1 saturated heterocycles. The summed E-state index contributed by atoms with van der Waals surface area (Å²) in [7, 11) is 1.57. The molecule has 1 aliphatic rings. The van der Waals surface area contributed by atoms with Crippen molar-refractivity contribution < 1.29 is 28.9 Å². The molecule has 0 aromatic heterocycles. The van der Waals surface area contributed by atoms with Crippen LogP contribution in [0.15, 0.2) is 48.0 Å². The Bertz CT molecular complexity index is 1160. The number of methoxy groups -OCH3 is 1. The number of ether oxygens (including phenoxy) is 3. The van der Waals surface area contributed by atoms with Gasteiger partial charge in [-0.1, -0.05) is 46.6 Å². The van der Waals surface area contributed by atoms with Crippen molar-refractivity contribution in [2.75, 3.05) is 46.5 Å². The van der Waals surface area contributed by atoms with Gasteiger partial charge in [0.15, 0.2) is 11.5 Å². The first-order valence-corrected chi connectivity index (χ1v) is 14.4. The highest BCUT2D eigenvalue weighted by Crippen LogP contribution is 2.42. The fraction of sp³-hybridized carbons (Fsp3) is 0.500. The Balaban J connectivity index is 2.04. The average molecular weight is 553 g/mol. The van der Waals surface area contributed by atoms with Crippen molar-refractivity contribution in [1.82, 2.24) is 9.80 Å². The first-order chi connectivity index (χ1) is 19.4. The molecule has 1 atom stereocenters. The summed E-state index contributed by atoms with van der Waals surface area (Å²) < 4.78 is 17.2. The van der Waals surface area contributed by atoms with E-state index in [1.807, 2.05) is 19.1 Å². The molecule has 2 aromatic carbocycles. The van der Waals surface area contributed by atoms with Gasteiger partial charge in [-0.25, -0.2) is 0 Å². The van der Waals surface area contributed by atoms with Crippen molar-refractivity contribution in [3.8, 4) is 17.2 Å². The van der Waals surface area contributed by atoms with Crippen LogP contribution in [0.4, 0.5) is 0 Å². The summed E-state index contributed by atoms with van der Waals surface area (Å²) in [5.41, 5.74) is 1.17. The number of rotatable bonds is 16. The monoisotopic (exact) mass is 552 g/mol. The molecule has 1 amide bonds. The van der Waals surface area contributed by atoms with Crippen LogP contribution in [0.3, 0.4) is 0 Å². The van der Waals surface area contributed by atoms with E-state index in [2.05, 4.69) is 25.7 Å². The number of ketones is 1. The molecule has 2 aromatic rings. The van der Waals surface area contributed by atoms with Crippen molar-refractivity contribution in [2.24, 2.45) is 0 Å². The van der Waals surface area contributed by atoms with Gasteiger partial charge >= 0.3 is 0 Å². The number of nitrogens with zero attached hydrogens (tertiary/aromatic N) is 2. The minimum absolute atomic E-state index is 0.0606. The number of unbranched alkanes of at least 4 members (excludes halogenated alkanes) is 2. The minimum atomic E-state index is -0.769. The SMILES string of the molecule is CCCCCOc1ccc(C2/C(=C(\O)c3ccc(OCCC)cc3)C(=O)C(=O)N2CCN(CC)CC)cc1OC. The summed E-state index contributed by atoms with van der Waals surface area (Å²) >= 11 is 0. The van der Waals surface area contributed by atoms with Gasteiger partial charge in [0, 0.05) is 18.7 Å². The smallest absolute Gasteiger partial charge is 0.295 e. The Morgan fingerprint density at radius 1 is 0.900 bits per heavy atom. The number of likely N-dealkylation sites (tertiary alicyclic amines) is 1. The molecule has 0 aliphatic carbocycles. The van der Waals surface area contributed by atoms with Crippen molar-refractivity contribution in [3.05, 3.63) is 59.2 Å². The molecule has 8 nitrogen and oxygen atoms in total. The Morgan fingerprint density at radius 3 is 2.25 bits per heavy atom. The van der Waals surface area contributed by atoms with E-state index in [4.69, 9.17) is 14.2 Å². The maximum Gasteiger partial charge on any atom is 0.295 e. The van der Waals surface area contributed by atoms with E-state index >= 15 is 0 Å². The molecule has 1 N–H and O–H groups in total. The maximum absolute atomic E-state index is 13.4. The van der Waals surface area contributed by atoms with Crippen LogP contribution in [0.2, 0.25) is 0 Å². The molecule has 0 saturated carbocycles. The van der Waals surface area contributed by atoms with E-state index in [-0.39, 0.29) is 11.3 Å². The number of aliphatic hydroxyl groups is 1. The standard InChI is InChI=1S/C32H44N2O6/c1-6-10-11-21-40-26-17-14-24(22-27(26)38-5)29-28(30(35)23-12-15-25(16-13-23)39-20-7-2)31(36)32(37)34(29)19-18-33(8-3)9-4/h12-17,22,29,35H,6-11,18-21H2,1-5H3/b30-28+. The summed E-state index contributed by atoms with van der Waals surface area (Å²) in [6, 6.07) is 11.6. The predicted molar refractivity (Wildman–Crippen MR) is 157 cm³/mol. The van der Waals surface area contributed by atoms with E-state index in [1.165, 1.54) is 0 Å². The number of benzene rings is 2. The largest absolute Gasteiger partial charge is 0.507 e. The lowest BCUT2D eigenvalue weighted by molar-refractivity contribution is -0.140. The molecule has 3 rings (SSSR count). The van der Waals surface area contributed by atoms with Crippen LogP contribution in [-0.4, -0.2) is 73.1 Å². The van der Waals surface area contributed by atoms with Crippen LogP contribution >= 0.6 is 0 Å². The molecule has 1 aliphatic heterocycles. The highest BCUT2D eigenvalue weighted by Gasteiger charge is 2.46. The van der Waals surface area contributed by atoms with Gasteiger partial charge in [0.25, 0.3) is 11.7 Å². The molecule has 218 valence electrons. The number of hydrogen-bond acceptors (Lipinski definition) is 7. The topological polar surface area (TPSA) is 88.5 Å². The Hall–Kier alpha value is -3.52. The van der Waals surface area contributed by atoms with Gasteiger partial charge in [0.2, 0.25) is 0 Å². The van der Waals surface area contributed by atoms with Crippen LogP contribution in [0.25, 0.3) is 5.76 Å². The number of amides is 1. The summed E-state index contributed by atoms with van der Waals surface area (Å²) in [5, 5.41) is 11.4. The van der Waals surface area contributed by atoms with E-state index in [0.29, 0.717) is 54.7 Å². The number of carbonyl (C=O) groups excluding carboxylic acids is 2. The van der Waals surface area contributed by atoms with Crippen molar-refractivity contribution in [3.63, 3.8) is 0 Å². The van der Waals surface area contributed by atoms with Crippen molar-refractivity contribution in [1.29, 1.82) is 0 Å². The predicted octanol–water partition coefficient (Wildman–Crippen LogP) is 5.82. The second kappa shape index (κ2) is 15.3. The Labute approximate surface area is 238 Å². The lowest BCUT2D eigenvalue weighted by Crippen LogP contribution is -2.38.